The number of fused-ring (bicyclic) bond motifs is 3. The second kappa shape index (κ2) is 4.57. The molecule has 0 fully saturated rings. The number of hydrogen-bond acceptors (Lipinski definition) is 2. The van der Waals surface area contributed by atoms with Crippen LogP contribution in [0.4, 0.5) is 0 Å². The largest absolute Gasteiger partial charge is 0.389 e. The fraction of sp³-hybridized carbons (Fsp3) is 0.167. The summed E-state index contributed by atoms with van der Waals surface area (Å²) >= 11 is 0. The Bertz CT molecular complexity index is 804. The van der Waals surface area contributed by atoms with Gasteiger partial charge in [0.15, 0.2) is 0 Å². The van der Waals surface area contributed by atoms with Crippen molar-refractivity contribution in [1.29, 1.82) is 0 Å². The predicted octanol–water partition coefficient (Wildman–Crippen LogP) is 3.55. The molecule has 0 spiro atoms. The molecule has 2 unspecified atom stereocenters. The Labute approximate surface area is 123 Å². The van der Waals surface area contributed by atoms with Crippen LogP contribution >= 0.6 is 0 Å². The molecule has 1 aliphatic heterocycles. The Morgan fingerprint density at radius 1 is 1.14 bits per heavy atom. The van der Waals surface area contributed by atoms with Gasteiger partial charge in [-0.15, -0.1) is 0 Å². The van der Waals surface area contributed by atoms with Crippen molar-refractivity contribution in [3.8, 4) is 11.3 Å². The standard InChI is InChI=1S/C18H16N2O/c1-12(21)13-5-4-6-14(9-13)18-16-8-3-2-7-15(16)17-10-19-11-20(17)18/h2-12,18,21H,1H3. The lowest BCUT2D eigenvalue weighted by atomic mass is 9.95. The number of nitrogens with zero attached hydrogens (tertiary/aromatic N) is 2. The van der Waals surface area contributed by atoms with Crippen LogP contribution in [0.1, 0.15) is 35.8 Å². The highest BCUT2D eigenvalue weighted by Gasteiger charge is 2.29. The van der Waals surface area contributed by atoms with E-state index in [4.69, 9.17) is 0 Å². The van der Waals surface area contributed by atoms with Gasteiger partial charge in [0, 0.05) is 5.56 Å². The normalized spacial score (nSPS) is 17.3. The molecule has 0 amide bonds. The number of benzene rings is 2. The number of aliphatic hydroxyl groups is 1. The highest BCUT2D eigenvalue weighted by molar-refractivity contribution is 5.70. The van der Waals surface area contributed by atoms with E-state index in [1.807, 2.05) is 24.7 Å². The molecular weight excluding hydrogens is 260 g/mol. The Morgan fingerprint density at radius 3 is 2.86 bits per heavy atom. The van der Waals surface area contributed by atoms with Crippen LogP contribution in [0.15, 0.2) is 61.1 Å². The Kier molecular flexibility index (Phi) is 2.69. The summed E-state index contributed by atoms with van der Waals surface area (Å²) in [6, 6.07) is 16.7. The first-order valence-corrected chi connectivity index (χ1v) is 7.15. The van der Waals surface area contributed by atoms with Crippen molar-refractivity contribution in [2.45, 2.75) is 19.1 Å². The maximum absolute atomic E-state index is 9.82. The monoisotopic (exact) mass is 276 g/mol. The number of aromatic nitrogens is 2. The summed E-state index contributed by atoms with van der Waals surface area (Å²) < 4.78 is 2.20. The van der Waals surface area contributed by atoms with Gasteiger partial charge < -0.3 is 9.67 Å². The van der Waals surface area contributed by atoms with Gasteiger partial charge in [-0.05, 0) is 23.6 Å². The molecule has 2 aromatic carbocycles. The zero-order chi connectivity index (χ0) is 14.4. The lowest BCUT2D eigenvalue weighted by molar-refractivity contribution is 0.199. The van der Waals surface area contributed by atoms with Crippen molar-refractivity contribution in [3.63, 3.8) is 0 Å². The van der Waals surface area contributed by atoms with Crippen LogP contribution in [0.3, 0.4) is 0 Å². The van der Waals surface area contributed by atoms with E-state index in [1.165, 1.54) is 16.7 Å². The van der Waals surface area contributed by atoms with Crippen LogP contribution in [0.5, 0.6) is 0 Å². The average Bonchev–Trinajstić information content (AvgIpc) is 3.07. The molecule has 1 aliphatic rings. The molecule has 4 rings (SSSR count). The van der Waals surface area contributed by atoms with Gasteiger partial charge in [-0.3, -0.25) is 0 Å². The molecule has 21 heavy (non-hydrogen) atoms. The highest BCUT2D eigenvalue weighted by atomic mass is 16.3. The molecule has 104 valence electrons. The summed E-state index contributed by atoms with van der Waals surface area (Å²) in [7, 11) is 0. The lowest BCUT2D eigenvalue weighted by Crippen LogP contribution is -2.07. The molecule has 1 aromatic heterocycles. The summed E-state index contributed by atoms with van der Waals surface area (Å²) in [6.07, 6.45) is 3.34. The average molecular weight is 276 g/mol. The lowest BCUT2D eigenvalue weighted by Gasteiger charge is -2.17. The zero-order valence-electron chi connectivity index (χ0n) is 11.8. The van der Waals surface area contributed by atoms with Crippen LogP contribution in [0, 0.1) is 0 Å². The van der Waals surface area contributed by atoms with Gasteiger partial charge in [-0.2, -0.15) is 0 Å². The van der Waals surface area contributed by atoms with Crippen LogP contribution in [0.25, 0.3) is 11.3 Å². The molecule has 0 bridgehead atoms. The van der Waals surface area contributed by atoms with E-state index < -0.39 is 6.10 Å². The summed E-state index contributed by atoms with van der Waals surface area (Å²) in [5.41, 5.74) is 5.80. The number of hydrogen-bond donors (Lipinski definition) is 1. The third-order valence-corrected chi connectivity index (χ3v) is 4.18. The van der Waals surface area contributed by atoms with Crippen molar-refractivity contribution in [1.82, 2.24) is 9.55 Å². The third-order valence-electron chi connectivity index (χ3n) is 4.18. The Hall–Kier alpha value is -2.39. The van der Waals surface area contributed by atoms with Gasteiger partial charge in [0.05, 0.1) is 30.4 Å². The highest BCUT2D eigenvalue weighted by Crippen LogP contribution is 2.42. The van der Waals surface area contributed by atoms with Crippen LogP contribution in [-0.4, -0.2) is 14.7 Å². The summed E-state index contributed by atoms with van der Waals surface area (Å²) in [6.45, 7) is 1.80. The number of imidazole rings is 1. The van der Waals surface area contributed by atoms with Gasteiger partial charge in [-0.25, -0.2) is 4.98 Å². The molecule has 1 N–H and O–H groups in total. The molecule has 3 nitrogen and oxygen atoms in total. The first kappa shape index (κ1) is 12.4. The smallest absolute Gasteiger partial charge is 0.0959 e. The molecule has 0 saturated heterocycles. The quantitative estimate of drug-likeness (QED) is 0.608. The zero-order valence-corrected chi connectivity index (χ0v) is 11.8. The molecular formula is C18H16N2O. The summed E-state index contributed by atoms with van der Waals surface area (Å²) in [5.74, 6) is 0. The predicted molar refractivity (Wildman–Crippen MR) is 82.0 cm³/mol. The van der Waals surface area contributed by atoms with Crippen molar-refractivity contribution >= 4 is 0 Å². The third kappa shape index (κ3) is 1.82. The van der Waals surface area contributed by atoms with Crippen molar-refractivity contribution in [3.05, 3.63) is 77.7 Å². The van der Waals surface area contributed by atoms with Gasteiger partial charge in [0.1, 0.15) is 0 Å². The van der Waals surface area contributed by atoms with Gasteiger partial charge in [-0.1, -0.05) is 48.5 Å². The minimum atomic E-state index is -0.455. The fourth-order valence-electron chi connectivity index (χ4n) is 3.17. The summed E-state index contributed by atoms with van der Waals surface area (Å²) in [4.78, 5) is 4.29. The van der Waals surface area contributed by atoms with Crippen LogP contribution in [0.2, 0.25) is 0 Å². The molecule has 0 radical (unpaired) electrons. The van der Waals surface area contributed by atoms with Crippen molar-refractivity contribution in [2.24, 2.45) is 0 Å². The second-order valence-electron chi connectivity index (χ2n) is 5.52. The van der Waals surface area contributed by atoms with Gasteiger partial charge in [0.2, 0.25) is 0 Å². The Balaban J connectivity index is 1.91. The van der Waals surface area contributed by atoms with E-state index >= 15 is 0 Å². The molecule has 3 heteroatoms. The van der Waals surface area contributed by atoms with Crippen molar-refractivity contribution in [2.75, 3.05) is 0 Å². The number of aliphatic hydroxyl groups excluding tert-OH is 1. The first-order chi connectivity index (χ1) is 10.3. The molecule has 2 heterocycles. The van der Waals surface area contributed by atoms with E-state index in [9.17, 15) is 5.11 Å². The maximum Gasteiger partial charge on any atom is 0.0959 e. The second-order valence-corrected chi connectivity index (χ2v) is 5.52. The first-order valence-electron chi connectivity index (χ1n) is 7.15. The maximum atomic E-state index is 9.82. The molecule has 3 aromatic rings. The van der Waals surface area contributed by atoms with E-state index in [0.29, 0.717) is 0 Å². The van der Waals surface area contributed by atoms with Gasteiger partial charge in [0.25, 0.3) is 0 Å². The number of rotatable bonds is 2. The topological polar surface area (TPSA) is 38.1 Å². The van der Waals surface area contributed by atoms with E-state index in [0.717, 1.165) is 11.3 Å². The summed E-state index contributed by atoms with van der Waals surface area (Å²) in [5, 5.41) is 9.82. The van der Waals surface area contributed by atoms with E-state index in [-0.39, 0.29) is 6.04 Å². The van der Waals surface area contributed by atoms with Crippen LogP contribution in [-0.2, 0) is 0 Å². The van der Waals surface area contributed by atoms with E-state index in [2.05, 4.69) is 45.9 Å². The fourth-order valence-corrected chi connectivity index (χ4v) is 3.17. The van der Waals surface area contributed by atoms with Crippen LogP contribution < -0.4 is 0 Å². The minimum Gasteiger partial charge on any atom is -0.389 e. The minimum absolute atomic E-state index is 0.136. The molecule has 0 saturated carbocycles. The SMILES string of the molecule is CC(O)c1cccc(C2c3ccccc3-c3cncn32)c1. The van der Waals surface area contributed by atoms with Gasteiger partial charge >= 0.3 is 0 Å². The molecule has 0 aliphatic carbocycles. The van der Waals surface area contributed by atoms with Crippen molar-refractivity contribution < 1.29 is 5.11 Å². The Morgan fingerprint density at radius 2 is 2.00 bits per heavy atom. The van der Waals surface area contributed by atoms with E-state index in [1.54, 1.807) is 6.92 Å². The molecule has 2 atom stereocenters.